The van der Waals surface area contributed by atoms with Crippen LogP contribution in [0.15, 0.2) is 36.4 Å². The lowest BCUT2D eigenvalue weighted by Gasteiger charge is -2.15. The normalized spacial score (nSPS) is 28.2. The number of hydrogen-bond acceptors (Lipinski definition) is 4. The number of rotatable bonds is 3. The predicted octanol–water partition coefficient (Wildman–Crippen LogP) is 2.30. The van der Waals surface area contributed by atoms with Gasteiger partial charge in [0, 0.05) is 10.6 Å². The molecule has 5 heteroatoms. The van der Waals surface area contributed by atoms with Crippen LogP contribution in [-0.2, 0) is 25.5 Å². The Hall–Kier alpha value is -1.81. The number of fused-ring (bicyclic) bond motifs is 1. The molecule has 2 aliphatic rings. The zero-order valence-corrected chi connectivity index (χ0v) is 11.4. The van der Waals surface area contributed by atoms with Gasteiger partial charge in [0.25, 0.3) is 0 Å². The predicted molar refractivity (Wildman–Crippen MR) is 72.2 cm³/mol. The molecule has 0 aliphatic carbocycles. The van der Waals surface area contributed by atoms with Gasteiger partial charge >= 0.3 is 11.9 Å². The Labute approximate surface area is 121 Å². The summed E-state index contributed by atoms with van der Waals surface area (Å²) in [5, 5.41) is 0.686. The average Bonchev–Trinajstić information content (AvgIpc) is 2.89. The van der Waals surface area contributed by atoms with Crippen molar-refractivity contribution in [2.75, 3.05) is 0 Å². The quantitative estimate of drug-likeness (QED) is 0.633. The van der Waals surface area contributed by atoms with Crippen molar-refractivity contribution in [3.8, 4) is 0 Å². The highest BCUT2D eigenvalue weighted by atomic mass is 35.5. The van der Waals surface area contributed by atoms with E-state index in [-0.39, 0.29) is 12.0 Å². The minimum Gasteiger partial charge on any atom is -0.459 e. The molecule has 4 nitrogen and oxygen atoms in total. The van der Waals surface area contributed by atoms with E-state index < -0.39 is 18.0 Å². The fourth-order valence-electron chi connectivity index (χ4n) is 2.72. The molecular formula is C15H13ClO4. The van der Waals surface area contributed by atoms with E-state index in [0.717, 1.165) is 5.56 Å². The summed E-state index contributed by atoms with van der Waals surface area (Å²) < 4.78 is 10.3. The van der Waals surface area contributed by atoms with Crippen LogP contribution in [0, 0.1) is 5.92 Å². The minimum absolute atomic E-state index is 0.324. The summed E-state index contributed by atoms with van der Waals surface area (Å²) in [6.45, 7) is 3.70. The van der Waals surface area contributed by atoms with Crippen LogP contribution in [0.3, 0.4) is 0 Å². The molecule has 2 saturated heterocycles. The van der Waals surface area contributed by atoms with E-state index >= 15 is 0 Å². The van der Waals surface area contributed by atoms with E-state index in [1.54, 1.807) is 0 Å². The maximum atomic E-state index is 11.7. The summed E-state index contributed by atoms with van der Waals surface area (Å²) >= 11 is 6.10. The van der Waals surface area contributed by atoms with Crippen molar-refractivity contribution in [3.05, 3.63) is 47.0 Å². The van der Waals surface area contributed by atoms with Crippen molar-refractivity contribution >= 4 is 23.5 Å². The van der Waals surface area contributed by atoms with E-state index in [1.807, 2.05) is 24.3 Å². The second kappa shape index (κ2) is 4.94. The first-order valence-electron chi connectivity index (χ1n) is 6.41. The molecule has 2 aliphatic heterocycles. The van der Waals surface area contributed by atoms with Gasteiger partial charge in [-0.2, -0.15) is 0 Å². The molecule has 0 saturated carbocycles. The molecule has 1 aromatic carbocycles. The number of halogens is 1. The first-order valence-corrected chi connectivity index (χ1v) is 6.79. The van der Waals surface area contributed by atoms with Crippen LogP contribution in [-0.4, -0.2) is 24.1 Å². The Bertz CT molecular complexity index is 595. The third-order valence-electron chi connectivity index (χ3n) is 3.78. The Kier molecular flexibility index (Phi) is 3.26. The first-order chi connectivity index (χ1) is 9.58. The fraction of sp³-hybridized carbons (Fsp3) is 0.333. The molecule has 3 atom stereocenters. The molecule has 104 valence electrons. The summed E-state index contributed by atoms with van der Waals surface area (Å²) in [4.78, 5) is 23.1. The summed E-state index contributed by atoms with van der Waals surface area (Å²) in [6, 6.07) is 7.53. The van der Waals surface area contributed by atoms with Crippen molar-refractivity contribution in [2.24, 2.45) is 5.92 Å². The molecule has 0 bridgehead atoms. The highest BCUT2D eigenvalue weighted by Gasteiger charge is 2.54. The van der Waals surface area contributed by atoms with Gasteiger partial charge in [0.15, 0.2) is 0 Å². The highest BCUT2D eigenvalue weighted by molar-refractivity contribution is 6.31. The van der Waals surface area contributed by atoms with Crippen molar-refractivity contribution in [3.63, 3.8) is 0 Å². The van der Waals surface area contributed by atoms with Gasteiger partial charge in [-0.15, -0.1) is 0 Å². The van der Waals surface area contributed by atoms with Crippen molar-refractivity contribution in [2.45, 2.75) is 25.0 Å². The third kappa shape index (κ3) is 2.10. The van der Waals surface area contributed by atoms with E-state index in [9.17, 15) is 9.59 Å². The van der Waals surface area contributed by atoms with Gasteiger partial charge in [-0.3, -0.25) is 0 Å². The van der Waals surface area contributed by atoms with Crippen LogP contribution in [0.2, 0.25) is 5.02 Å². The molecule has 0 N–H and O–H groups in total. The molecule has 0 spiro atoms. The third-order valence-corrected chi connectivity index (χ3v) is 4.15. The van der Waals surface area contributed by atoms with Crippen LogP contribution in [0.4, 0.5) is 0 Å². The summed E-state index contributed by atoms with van der Waals surface area (Å²) in [5.41, 5.74) is 1.31. The largest absolute Gasteiger partial charge is 0.459 e. The maximum absolute atomic E-state index is 11.7. The van der Waals surface area contributed by atoms with Crippen LogP contribution in [0.25, 0.3) is 0 Å². The molecule has 3 rings (SSSR count). The smallest absolute Gasteiger partial charge is 0.348 e. The number of cyclic esters (lactones) is 1. The van der Waals surface area contributed by atoms with E-state index in [2.05, 4.69) is 6.58 Å². The zero-order chi connectivity index (χ0) is 14.3. The molecule has 0 aromatic heterocycles. The maximum Gasteiger partial charge on any atom is 0.348 e. The number of ether oxygens (including phenoxy) is 2. The Morgan fingerprint density at radius 1 is 1.20 bits per heavy atom. The Morgan fingerprint density at radius 3 is 2.70 bits per heavy atom. The fourth-order valence-corrected chi connectivity index (χ4v) is 2.95. The Balaban J connectivity index is 1.72. The summed E-state index contributed by atoms with van der Waals surface area (Å²) in [7, 11) is 0. The molecule has 1 aromatic rings. The van der Waals surface area contributed by atoms with Gasteiger partial charge in [0.2, 0.25) is 6.10 Å². The van der Waals surface area contributed by atoms with Gasteiger partial charge in [-0.25, -0.2) is 9.59 Å². The molecule has 2 fully saturated rings. The van der Waals surface area contributed by atoms with Gasteiger partial charge in [-0.1, -0.05) is 36.4 Å². The molecular weight excluding hydrogens is 280 g/mol. The van der Waals surface area contributed by atoms with E-state index in [0.29, 0.717) is 23.4 Å². The van der Waals surface area contributed by atoms with Crippen LogP contribution in [0.5, 0.6) is 0 Å². The zero-order valence-electron chi connectivity index (χ0n) is 10.7. The molecule has 20 heavy (non-hydrogen) atoms. The number of carbonyl (C=O) groups excluding carboxylic acids is 2. The van der Waals surface area contributed by atoms with Crippen LogP contribution < -0.4 is 0 Å². The van der Waals surface area contributed by atoms with Crippen molar-refractivity contribution in [1.29, 1.82) is 0 Å². The van der Waals surface area contributed by atoms with Gasteiger partial charge in [0.1, 0.15) is 6.10 Å². The Morgan fingerprint density at radius 2 is 1.95 bits per heavy atom. The molecule has 2 heterocycles. The molecule has 0 unspecified atom stereocenters. The van der Waals surface area contributed by atoms with Crippen LogP contribution in [0.1, 0.15) is 12.0 Å². The topological polar surface area (TPSA) is 52.6 Å². The minimum atomic E-state index is -0.814. The highest BCUT2D eigenvalue weighted by Crippen LogP contribution is 2.39. The summed E-state index contributed by atoms with van der Waals surface area (Å²) in [5.74, 6) is -1.34. The number of carbonyl (C=O) groups is 2. The second-order valence-corrected chi connectivity index (χ2v) is 5.39. The standard InChI is InChI=1S/C15H13ClO4/c1-8-12-11(19-15(18)13(12)20-14(8)17)7-6-9-4-2-3-5-10(9)16/h2-5,11-13H,1,6-7H2/t11-,12-,13-/m0/s1. The van der Waals surface area contributed by atoms with Crippen molar-refractivity contribution in [1.82, 2.24) is 0 Å². The lowest BCUT2D eigenvalue weighted by molar-refractivity contribution is -0.156. The number of aryl methyl sites for hydroxylation is 1. The van der Waals surface area contributed by atoms with Gasteiger partial charge in [0.05, 0.1) is 5.92 Å². The number of benzene rings is 1. The average molecular weight is 293 g/mol. The number of hydrogen-bond donors (Lipinski definition) is 0. The lowest BCUT2D eigenvalue weighted by Crippen LogP contribution is -2.22. The van der Waals surface area contributed by atoms with Crippen LogP contribution >= 0.6 is 11.6 Å². The molecule has 0 amide bonds. The molecule has 0 radical (unpaired) electrons. The second-order valence-electron chi connectivity index (χ2n) is 4.98. The van der Waals surface area contributed by atoms with Gasteiger partial charge in [-0.05, 0) is 24.5 Å². The lowest BCUT2D eigenvalue weighted by atomic mass is 9.90. The monoisotopic (exact) mass is 292 g/mol. The van der Waals surface area contributed by atoms with Gasteiger partial charge < -0.3 is 9.47 Å². The van der Waals surface area contributed by atoms with E-state index in [1.165, 1.54) is 0 Å². The SMILES string of the molecule is C=C1C(=O)O[C@@H]2C(=O)O[C@@H](CCc3ccccc3Cl)[C@H]12. The number of esters is 2. The summed E-state index contributed by atoms with van der Waals surface area (Å²) in [6.07, 6.45) is 0.0724. The first kappa shape index (κ1) is 13.2. The van der Waals surface area contributed by atoms with Crippen molar-refractivity contribution < 1.29 is 19.1 Å². The van der Waals surface area contributed by atoms with E-state index in [4.69, 9.17) is 21.1 Å².